The van der Waals surface area contributed by atoms with Crippen molar-refractivity contribution in [2.24, 2.45) is 16.5 Å². The Hall–Kier alpha value is -3.21. The van der Waals surface area contributed by atoms with Gasteiger partial charge in [0.25, 0.3) is 0 Å². The molecule has 2 aromatic carbocycles. The second-order valence-electron chi connectivity index (χ2n) is 5.06. The second kappa shape index (κ2) is 5.88. The first kappa shape index (κ1) is 14.7. The summed E-state index contributed by atoms with van der Waals surface area (Å²) in [5, 5.41) is 1.82. The summed E-state index contributed by atoms with van der Waals surface area (Å²) < 4.78 is 14.1. The van der Waals surface area contributed by atoms with E-state index in [1.165, 1.54) is 6.07 Å². The van der Waals surface area contributed by atoms with Crippen molar-refractivity contribution in [1.82, 2.24) is 4.98 Å². The second-order valence-corrected chi connectivity index (χ2v) is 5.06. The molecule has 0 saturated carbocycles. The molecule has 3 aromatic rings. The Bertz CT molecular complexity index is 927. The van der Waals surface area contributed by atoms with E-state index in [9.17, 15) is 4.39 Å². The van der Waals surface area contributed by atoms with Gasteiger partial charge in [-0.2, -0.15) is 0 Å². The maximum Gasteiger partial charge on any atom is 0.191 e. The van der Waals surface area contributed by atoms with E-state index in [0.717, 1.165) is 16.3 Å². The minimum Gasteiger partial charge on any atom is -0.370 e. The lowest BCUT2D eigenvalue weighted by Gasteiger charge is -2.09. The Labute approximate surface area is 133 Å². The van der Waals surface area contributed by atoms with E-state index in [4.69, 9.17) is 11.5 Å². The predicted octanol–water partition coefficient (Wildman–Crippen LogP) is 3.29. The summed E-state index contributed by atoms with van der Waals surface area (Å²) in [5.41, 5.74) is 13.0. The quantitative estimate of drug-likeness (QED) is 0.576. The number of benzene rings is 2. The van der Waals surface area contributed by atoms with E-state index in [2.05, 4.69) is 16.6 Å². The van der Waals surface area contributed by atoms with Gasteiger partial charge in [0, 0.05) is 17.3 Å². The average molecular weight is 306 g/mol. The maximum absolute atomic E-state index is 14.1. The molecule has 114 valence electrons. The van der Waals surface area contributed by atoms with Gasteiger partial charge in [-0.15, -0.1) is 0 Å². The fourth-order valence-electron chi connectivity index (χ4n) is 2.46. The molecule has 3 rings (SSSR count). The van der Waals surface area contributed by atoms with Crippen LogP contribution in [0.4, 0.5) is 4.39 Å². The number of nitrogens with two attached hydrogens (primary N) is 2. The third-order valence-corrected chi connectivity index (χ3v) is 3.49. The van der Waals surface area contributed by atoms with E-state index in [1.54, 1.807) is 12.3 Å². The van der Waals surface area contributed by atoms with E-state index in [-0.39, 0.29) is 11.8 Å². The van der Waals surface area contributed by atoms with Crippen LogP contribution in [-0.2, 0) is 0 Å². The molecule has 0 amide bonds. The third-order valence-electron chi connectivity index (χ3n) is 3.49. The molecule has 1 heterocycles. The van der Waals surface area contributed by atoms with Crippen molar-refractivity contribution in [2.45, 2.75) is 0 Å². The molecule has 4 N–H and O–H groups in total. The van der Waals surface area contributed by atoms with Gasteiger partial charge < -0.3 is 11.5 Å². The summed E-state index contributed by atoms with van der Waals surface area (Å²) in [6, 6.07) is 14.3. The monoisotopic (exact) mass is 306 g/mol. The molecule has 0 bridgehead atoms. The summed E-state index contributed by atoms with van der Waals surface area (Å²) in [5.74, 6) is -0.424. The molecular weight excluding hydrogens is 291 g/mol. The van der Waals surface area contributed by atoms with Gasteiger partial charge in [-0.1, -0.05) is 36.9 Å². The maximum atomic E-state index is 14.1. The van der Waals surface area contributed by atoms with E-state index in [0.29, 0.717) is 17.0 Å². The van der Waals surface area contributed by atoms with Crippen LogP contribution in [0.1, 0.15) is 5.56 Å². The molecule has 0 fully saturated rings. The fourth-order valence-corrected chi connectivity index (χ4v) is 2.46. The van der Waals surface area contributed by atoms with Crippen molar-refractivity contribution in [1.29, 1.82) is 0 Å². The predicted molar refractivity (Wildman–Crippen MR) is 92.0 cm³/mol. The Balaban J connectivity index is 2.22. The van der Waals surface area contributed by atoms with Gasteiger partial charge >= 0.3 is 0 Å². The van der Waals surface area contributed by atoms with Gasteiger partial charge in [0.15, 0.2) is 5.96 Å². The van der Waals surface area contributed by atoms with Crippen LogP contribution in [0.2, 0.25) is 0 Å². The SMILES string of the molecule is C=C(N=C(N)N)c1ccc2cccc(-c3ncccc3F)c2c1. The number of fused-ring (bicyclic) bond motifs is 1. The lowest BCUT2D eigenvalue weighted by Crippen LogP contribution is -2.22. The first-order valence-corrected chi connectivity index (χ1v) is 6.99. The molecule has 1 aromatic heterocycles. The highest BCUT2D eigenvalue weighted by molar-refractivity contribution is 5.98. The largest absolute Gasteiger partial charge is 0.370 e. The number of pyridine rings is 1. The number of halogens is 1. The molecule has 23 heavy (non-hydrogen) atoms. The number of aromatic nitrogens is 1. The Morgan fingerprint density at radius 3 is 2.65 bits per heavy atom. The lowest BCUT2D eigenvalue weighted by atomic mass is 9.98. The number of nitrogens with zero attached hydrogens (tertiary/aromatic N) is 2. The smallest absolute Gasteiger partial charge is 0.191 e. The van der Waals surface area contributed by atoms with Crippen molar-refractivity contribution in [3.63, 3.8) is 0 Å². The molecule has 0 aliphatic carbocycles. The molecule has 0 spiro atoms. The standard InChI is InChI=1S/C18H15FN4/c1-11(23-18(20)21)13-8-7-12-4-2-5-14(15(12)10-13)17-16(19)6-3-9-22-17/h2-10H,1H2,(H4,20,21,23). The van der Waals surface area contributed by atoms with E-state index >= 15 is 0 Å². The number of rotatable bonds is 3. The zero-order valence-electron chi connectivity index (χ0n) is 12.3. The van der Waals surface area contributed by atoms with Crippen molar-refractivity contribution in [3.05, 3.63) is 72.7 Å². The number of aliphatic imine (C=N–C) groups is 1. The molecule has 0 radical (unpaired) electrons. The minimum atomic E-state index is -0.367. The van der Waals surface area contributed by atoms with E-state index in [1.807, 2.05) is 36.4 Å². The summed E-state index contributed by atoms with van der Waals surface area (Å²) in [7, 11) is 0. The van der Waals surface area contributed by atoms with Crippen LogP contribution in [0.25, 0.3) is 27.7 Å². The van der Waals surface area contributed by atoms with Gasteiger partial charge in [0.2, 0.25) is 0 Å². The molecule has 4 nitrogen and oxygen atoms in total. The third kappa shape index (κ3) is 2.89. The molecule has 0 unspecified atom stereocenters. The van der Waals surface area contributed by atoms with Crippen LogP contribution >= 0.6 is 0 Å². The number of hydrogen-bond donors (Lipinski definition) is 2. The van der Waals surface area contributed by atoms with Crippen LogP contribution in [0.15, 0.2) is 66.3 Å². The van der Waals surface area contributed by atoms with Crippen LogP contribution < -0.4 is 11.5 Å². The summed E-state index contributed by atoms with van der Waals surface area (Å²) in [4.78, 5) is 8.12. The highest BCUT2D eigenvalue weighted by Gasteiger charge is 2.10. The Morgan fingerprint density at radius 2 is 1.91 bits per heavy atom. The van der Waals surface area contributed by atoms with Crippen molar-refractivity contribution in [3.8, 4) is 11.3 Å². The van der Waals surface area contributed by atoms with Crippen molar-refractivity contribution in [2.75, 3.05) is 0 Å². The normalized spacial score (nSPS) is 10.5. The number of guanidine groups is 1. The lowest BCUT2D eigenvalue weighted by molar-refractivity contribution is 0.626. The van der Waals surface area contributed by atoms with Gasteiger partial charge in [0.05, 0.1) is 5.70 Å². The van der Waals surface area contributed by atoms with Crippen molar-refractivity contribution >= 4 is 22.4 Å². The minimum absolute atomic E-state index is 0.0563. The van der Waals surface area contributed by atoms with Gasteiger partial charge in [-0.3, -0.25) is 4.98 Å². The zero-order chi connectivity index (χ0) is 16.4. The number of hydrogen-bond acceptors (Lipinski definition) is 2. The molecule has 0 saturated heterocycles. The Morgan fingerprint density at radius 1 is 1.09 bits per heavy atom. The highest BCUT2D eigenvalue weighted by Crippen LogP contribution is 2.31. The molecule has 0 aliphatic rings. The van der Waals surface area contributed by atoms with Crippen LogP contribution in [0, 0.1) is 5.82 Å². The summed E-state index contributed by atoms with van der Waals surface area (Å²) >= 11 is 0. The van der Waals surface area contributed by atoms with Crippen LogP contribution in [-0.4, -0.2) is 10.9 Å². The zero-order valence-corrected chi connectivity index (χ0v) is 12.3. The molecular formula is C18H15FN4. The van der Waals surface area contributed by atoms with Gasteiger partial charge in [-0.25, -0.2) is 9.38 Å². The Kier molecular flexibility index (Phi) is 3.76. The summed E-state index contributed by atoms with van der Waals surface area (Å²) in [6.45, 7) is 3.85. The summed E-state index contributed by atoms with van der Waals surface area (Å²) in [6.07, 6.45) is 1.57. The van der Waals surface area contributed by atoms with Gasteiger partial charge in [-0.05, 0) is 29.0 Å². The van der Waals surface area contributed by atoms with Crippen molar-refractivity contribution < 1.29 is 4.39 Å². The first-order valence-electron chi connectivity index (χ1n) is 6.99. The molecule has 5 heteroatoms. The molecule has 0 aliphatic heterocycles. The first-order chi connectivity index (χ1) is 11.1. The topological polar surface area (TPSA) is 77.3 Å². The van der Waals surface area contributed by atoms with E-state index < -0.39 is 0 Å². The highest BCUT2D eigenvalue weighted by atomic mass is 19.1. The fraction of sp³-hybridized carbons (Fsp3) is 0. The van der Waals surface area contributed by atoms with Crippen LogP contribution in [0.3, 0.4) is 0 Å². The van der Waals surface area contributed by atoms with Crippen LogP contribution in [0.5, 0.6) is 0 Å². The molecule has 0 atom stereocenters. The average Bonchev–Trinajstić information content (AvgIpc) is 2.54. The van der Waals surface area contributed by atoms with Gasteiger partial charge in [0.1, 0.15) is 11.5 Å².